The number of pyridine rings is 1. The summed E-state index contributed by atoms with van der Waals surface area (Å²) in [6, 6.07) is 6.82. The van der Waals surface area contributed by atoms with E-state index in [9.17, 15) is 22.4 Å². The van der Waals surface area contributed by atoms with Crippen molar-refractivity contribution in [1.82, 2.24) is 4.98 Å². The van der Waals surface area contributed by atoms with Crippen LogP contribution in [0.3, 0.4) is 0 Å². The molecule has 3 rings (SSSR count). The van der Waals surface area contributed by atoms with E-state index < -0.39 is 30.6 Å². The smallest absolute Gasteiger partial charge is 0.253 e. The van der Waals surface area contributed by atoms with Crippen LogP contribution >= 0.6 is 0 Å². The zero-order chi connectivity index (χ0) is 21.4. The Balaban J connectivity index is 0.000000253. The number of nitrogens with one attached hydrogen (secondary N) is 1. The summed E-state index contributed by atoms with van der Waals surface area (Å²) in [7, 11) is 1.29. The Morgan fingerprint density at radius 3 is 2.66 bits per heavy atom. The van der Waals surface area contributed by atoms with Crippen LogP contribution in [0.5, 0.6) is 5.75 Å². The number of methoxy groups -OCH3 is 1. The molecule has 158 valence electrons. The molecule has 29 heavy (non-hydrogen) atoms. The van der Waals surface area contributed by atoms with Crippen LogP contribution in [0.4, 0.5) is 23.2 Å². The zero-order valence-electron chi connectivity index (χ0n) is 16.0. The van der Waals surface area contributed by atoms with Crippen LogP contribution in [0, 0.1) is 11.6 Å². The van der Waals surface area contributed by atoms with Gasteiger partial charge in [0.15, 0.2) is 11.6 Å². The summed E-state index contributed by atoms with van der Waals surface area (Å²) in [6.45, 7) is 1.92. The van der Waals surface area contributed by atoms with Gasteiger partial charge in [-0.25, -0.2) is 13.2 Å². The summed E-state index contributed by atoms with van der Waals surface area (Å²) in [4.78, 5) is 15.7. The van der Waals surface area contributed by atoms with Gasteiger partial charge in [0.1, 0.15) is 6.10 Å². The van der Waals surface area contributed by atoms with Crippen LogP contribution in [0.25, 0.3) is 0 Å². The maximum Gasteiger partial charge on any atom is 0.253 e. The predicted octanol–water partition coefficient (Wildman–Crippen LogP) is 4.37. The van der Waals surface area contributed by atoms with Crippen LogP contribution < -0.4 is 10.1 Å². The number of hydrogen-bond donors (Lipinski definition) is 1. The monoisotopic (exact) mass is 414 g/mol. The highest BCUT2D eigenvalue weighted by atomic mass is 19.3. The molecule has 1 saturated heterocycles. The number of nitrogens with zero attached hydrogens (tertiary/aromatic N) is 1. The number of rotatable bonds is 5. The summed E-state index contributed by atoms with van der Waals surface area (Å²) in [5, 5.41) is 2.67. The Morgan fingerprint density at radius 1 is 1.31 bits per heavy atom. The molecule has 0 radical (unpaired) electrons. The third kappa shape index (κ3) is 7.01. The Bertz CT molecular complexity index is 820. The average Bonchev–Trinajstić information content (AvgIpc) is 3.11. The van der Waals surface area contributed by atoms with Crippen molar-refractivity contribution in [3.8, 4) is 5.75 Å². The highest BCUT2D eigenvalue weighted by molar-refractivity contribution is 5.94. The summed E-state index contributed by atoms with van der Waals surface area (Å²) < 4.78 is 59.3. The van der Waals surface area contributed by atoms with Crippen molar-refractivity contribution in [2.24, 2.45) is 0 Å². The number of alkyl halides is 2. The lowest BCUT2D eigenvalue weighted by molar-refractivity contribution is -0.126. The lowest BCUT2D eigenvalue weighted by atomic mass is 10.2. The third-order valence-corrected chi connectivity index (χ3v) is 4.11. The molecule has 2 heterocycles. The zero-order valence-corrected chi connectivity index (χ0v) is 16.0. The standard InChI is InChI=1S/C13H16F2N2O2.C7H6F2O/c1-8-2-3-11(19-8)13(18)17-9-4-5-16-10(6-9)7-12(14)15;1-10-6-4-2-3-5(8)7(6)9/h4-6,8,11-12H,2-3,7H2,1H3,(H,16,17,18);2-4H,1H3. The second-order valence-electron chi connectivity index (χ2n) is 6.39. The van der Waals surface area contributed by atoms with E-state index in [2.05, 4.69) is 15.0 Å². The normalized spacial score (nSPS) is 18.2. The van der Waals surface area contributed by atoms with Crippen LogP contribution in [-0.4, -0.2) is 36.6 Å². The molecule has 1 aliphatic rings. The molecular formula is C20H22F4N2O3. The van der Waals surface area contributed by atoms with Crippen molar-refractivity contribution >= 4 is 11.6 Å². The Morgan fingerprint density at radius 2 is 2.07 bits per heavy atom. The van der Waals surface area contributed by atoms with E-state index in [1.165, 1.54) is 31.5 Å². The Hall–Kier alpha value is -2.68. The van der Waals surface area contributed by atoms with Gasteiger partial charge in [-0.1, -0.05) is 6.07 Å². The van der Waals surface area contributed by atoms with Crippen LogP contribution in [0.2, 0.25) is 0 Å². The third-order valence-electron chi connectivity index (χ3n) is 4.11. The molecular weight excluding hydrogens is 392 g/mol. The van der Waals surface area contributed by atoms with Crippen LogP contribution in [-0.2, 0) is 16.0 Å². The number of halogens is 4. The number of anilines is 1. The number of hydrogen-bond acceptors (Lipinski definition) is 4. The fourth-order valence-electron chi connectivity index (χ4n) is 2.69. The fraction of sp³-hybridized carbons (Fsp3) is 0.400. The molecule has 0 spiro atoms. The molecule has 0 bridgehead atoms. The van der Waals surface area contributed by atoms with E-state index in [0.29, 0.717) is 12.1 Å². The number of amides is 1. The van der Waals surface area contributed by atoms with Gasteiger partial charge in [0.25, 0.3) is 5.91 Å². The molecule has 1 aliphatic heterocycles. The average molecular weight is 414 g/mol. The number of ether oxygens (including phenoxy) is 2. The molecule has 2 atom stereocenters. The molecule has 1 aromatic carbocycles. The van der Waals surface area contributed by atoms with Crippen molar-refractivity contribution in [3.05, 3.63) is 53.9 Å². The van der Waals surface area contributed by atoms with Crippen molar-refractivity contribution in [2.75, 3.05) is 12.4 Å². The van der Waals surface area contributed by atoms with Crippen molar-refractivity contribution in [3.63, 3.8) is 0 Å². The fourth-order valence-corrected chi connectivity index (χ4v) is 2.69. The Labute approximate surface area is 166 Å². The summed E-state index contributed by atoms with van der Waals surface area (Å²) in [5.41, 5.74) is 0.729. The first-order valence-corrected chi connectivity index (χ1v) is 8.97. The molecule has 5 nitrogen and oxygen atoms in total. The van der Waals surface area contributed by atoms with E-state index in [0.717, 1.165) is 12.5 Å². The Kier molecular flexibility index (Phi) is 8.38. The summed E-state index contributed by atoms with van der Waals surface area (Å²) in [5.74, 6) is -2.14. The van der Waals surface area contributed by atoms with E-state index in [-0.39, 0.29) is 23.5 Å². The minimum atomic E-state index is -2.45. The minimum Gasteiger partial charge on any atom is -0.494 e. The first kappa shape index (κ1) is 22.6. The van der Waals surface area contributed by atoms with Gasteiger partial charge in [-0.3, -0.25) is 9.78 Å². The van der Waals surface area contributed by atoms with Crippen molar-refractivity contribution in [1.29, 1.82) is 0 Å². The number of benzene rings is 1. The maximum absolute atomic E-state index is 12.5. The van der Waals surface area contributed by atoms with Crippen molar-refractivity contribution < 1.29 is 31.8 Å². The highest BCUT2D eigenvalue weighted by Crippen LogP contribution is 2.21. The molecule has 1 aromatic heterocycles. The molecule has 1 amide bonds. The van der Waals surface area contributed by atoms with E-state index in [1.54, 1.807) is 6.07 Å². The minimum absolute atomic E-state index is 0.0694. The molecule has 1 N–H and O–H groups in total. The van der Waals surface area contributed by atoms with Gasteiger partial charge < -0.3 is 14.8 Å². The van der Waals surface area contributed by atoms with Gasteiger partial charge in [0, 0.05) is 17.6 Å². The molecule has 1 fully saturated rings. The quantitative estimate of drug-likeness (QED) is 0.739. The number of aromatic nitrogens is 1. The van der Waals surface area contributed by atoms with Crippen LogP contribution in [0.15, 0.2) is 36.5 Å². The van der Waals surface area contributed by atoms with E-state index in [1.807, 2.05) is 6.92 Å². The molecule has 2 aromatic rings. The van der Waals surface area contributed by atoms with Gasteiger partial charge in [-0.2, -0.15) is 4.39 Å². The summed E-state index contributed by atoms with van der Waals surface area (Å²) in [6.07, 6.45) is -0.291. The van der Waals surface area contributed by atoms with Crippen molar-refractivity contribution in [2.45, 2.75) is 44.8 Å². The topological polar surface area (TPSA) is 60.5 Å². The maximum atomic E-state index is 12.5. The highest BCUT2D eigenvalue weighted by Gasteiger charge is 2.28. The van der Waals surface area contributed by atoms with E-state index in [4.69, 9.17) is 4.74 Å². The largest absolute Gasteiger partial charge is 0.494 e. The molecule has 2 unspecified atom stereocenters. The van der Waals surface area contributed by atoms with E-state index >= 15 is 0 Å². The lowest BCUT2D eigenvalue weighted by Crippen LogP contribution is -2.27. The predicted molar refractivity (Wildman–Crippen MR) is 99.1 cm³/mol. The second kappa shape index (κ2) is 10.8. The molecule has 9 heteroatoms. The summed E-state index contributed by atoms with van der Waals surface area (Å²) >= 11 is 0. The SMILES string of the molecule is CC1CCC(C(=O)Nc2ccnc(CC(F)F)c2)O1.COc1cccc(F)c1F. The lowest BCUT2D eigenvalue weighted by Gasteiger charge is -2.12. The first-order chi connectivity index (χ1) is 13.8. The van der Waals surface area contributed by atoms with Gasteiger partial charge in [0.05, 0.1) is 19.6 Å². The number of carbonyl (C=O) groups excluding carboxylic acids is 1. The van der Waals surface area contributed by atoms with Gasteiger partial charge in [0.2, 0.25) is 12.2 Å². The van der Waals surface area contributed by atoms with Crippen LogP contribution in [0.1, 0.15) is 25.5 Å². The van der Waals surface area contributed by atoms with Gasteiger partial charge in [-0.05, 0) is 44.0 Å². The molecule has 0 aliphatic carbocycles. The van der Waals surface area contributed by atoms with Gasteiger partial charge >= 0.3 is 0 Å². The second-order valence-corrected chi connectivity index (χ2v) is 6.39. The molecule has 0 saturated carbocycles. The number of carbonyl (C=O) groups is 1. The first-order valence-electron chi connectivity index (χ1n) is 8.97. The van der Waals surface area contributed by atoms with Gasteiger partial charge in [-0.15, -0.1) is 0 Å².